The lowest BCUT2D eigenvalue weighted by Crippen LogP contribution is -2.35. The zero-order valence-corrected chi connectivity index (χ0v) is 20.7. The van der Waals surface area contributed by atoms with Gasteiger partial charge in [-0.05, 0) is 68.5 Å². The van der Waals surface area contributed by atoms with Crippen LogP contribution in [0.3, 0.4) is 0 Å². The van der Waals surface area contributed by atoms with Crippen LogP contribution in [0.5, 0.6) is 11.5 Å². The summed E-state index contributed by atoms with van der Waals surface area (Å²) in [7, 11) is -3.69. The number of hydrogen-bond acceptors (Lipinski definition) is 5. The zero-order chi connectivity index (χ0) is 24.6. The minimum atomic E-state index is -3.69. The maximum atomic E-state index is 13.3. The fourth-order valence-corrected chi connectivity index (χ4v) is 6.34. The van der Waals surface area contributed by atoms with Gasteiger partial charge in [0.15, 0.2) is 5.75 Å². The van der Waals surface area contributed by atoms with Crippen LogP contribution in [0.25, 0.3) is 0 Å². The van der Waals surface area contributed by atoms with Crippen molar-refractivity contribution < 1.29 is 22.7 Å². The van der Waals surface area contributed by atoms with Crippen molar-refractivity contribution in [3.05, 3.63) is 48.0 Å². The highest BCUT2D eigenvalue weighted by Crippen LogP contribution is 2.36. The van der Waals surface area contributed by atoms with Gasteiger partial charge in [-0.15, -0.1) is 0 Å². The Labute approximate surface area is 206 Å². The Kier molecular flexibility index (Phi) is 6.55. The highest BCUT2D eigenvalue weighted by Gasteiger charge is 2.42. The van der Waals surface area contributed by atoms with Crippen LogP contribution in [0, 0.1) is 12.8 Å². The second kappa shape index (κ2) is 9.62. The average molecular weight is 498 g/mol. The molecule has 0 aromatic heterocycles. The molecule has 35 heavy (non-hydrogen) atoms. The first kappa shape index (κ1) is 23.8. The molecule has 3 aliphatic rings. The minimum Gasteiger partial charge on any atom is -0.455 e. The number of benzene rings is 2. The number of nitrogens with one attached hydrogen (secondary N) is 1. The number of anilines is 1. The molecule has 186 valence electrons. The molecule has 1 aliphatic carbocycles. The highest BCUT2D eigenvalue weighted by atomic mass is 32.2. The molecule has 1 N–H and O–H groups in total. The summed E-state index contributed by atoms with van der Waals surface area (Å²) in [4.78, 5) is 27.4. The SMILES string of the molecule is Cc1cccc(Oc2ccc(S(=O)(=O)N3CCCCC3)cc2NC(=O)C2CC(=O)N(C3CC3)C2)c1. The first-order chi connectivity index (χ1) is 16.8. The number of rotatable bonds is 7. The molecule has 2 aromatic carbocycles. The van der Waals surface area contributed by atoms with Gasteiger partial charge in [0.1, 0.15) is 5.75 Å². The smallest absolute Gasteiger partial charge is 0.243 e. The highest BCUT2D eigenvalue weighted by molar-refractivity contribution is 7.89. The van der Waals surface area contributed by atoms with Gasteiger partial charge in [-0.25, -0.2) is 8.42 Å². The van der Waals surface area contributed by atoms with Crippen molar-refractivity contribution in [3.63, 3.8) is 0 Å². The molecule has 9 heteroatoms. The van der Waals surface area contributed by atoms with Crippen molar-refractivity contribution in [1.29, 1.82) is 0 Å². The number of carbonyl (C=O) groups is 2. The summed E-state index contributed by atoms with van der Waals surface area (Å²) in [5.74, 6) is 0.165. The molecule has 2 amide bonds. The van der Waals surface area contributed by atoms with Gasteiger partial charge in [-0.2, -0.15) is 4.31 Å². The number of piperidine rings is 1. The lowest BCUT2D eigenvalue weighted by atomic mass is 10.1. The first-order valence-corrected chi connectivity index (χ1v) is 13.7. The maximum Gasteiger partial charge on any atom is 0.243 e. The van der Waals surface area contributed by atoms with Crippen molar-refractivity contribution in [2.24, 2.45) is 5.92 Å². The van der Waals surface area contributed by atoms with Gasteiger partial charge >= 0.3 is 0 Å². The van der Waals surface area contributed by atoms with Crippen LogP contribution >= 0.6 is 0 Å². The maximum absolute atomic E-state index is 13.3. The molecular weight excluding hydrogens is 466 g/mol. The van der Waals surface area contributed by atoms with Crippen LogP contribution < -0.4 is 10.1 Å². The van der Waals surface area contributed by atoms with E-state index in [2.05, 4.69) is 5.32 Å². The lowest BCUT2D eigenvalue weighted by Gasteiger charge is -2.26. The average Bonchev–Trinajstić information content (AvgIpc) is 3.61. The van der Waals surface area contributed by atoms with E-state index in [1.54, 1.807) is 17.0 Å². The summed E-state index contributed by atoms with van der Waals surface area (Å²) >= 11 is 0. The van der Waals surface area contributed by atoms with Crippen LogP contribution in [-0.4, -0.2) is 55.1 Å². The third-order valence-electron chi connectivity index (χ3n) is 6.90. The fraction of sp³-hybridized carbons (Fsp3) is 0.462. The number of likely N-dealkylation sites (tertiary alicyclic amines) is 1. The number of aryl methyl sites for hydroxylation is 1. The van der Waals surface area contributed by atoms with Gasteiger partial charge in [0.2, 0.25) is 21.8 Å². The number of sulfonamides is 1. The fourth-order valence-electron chi connectivity index (χ4n) is 4.80. The van der Waals surface area contributed by atoms with Gasteiger partial charge in [0.05, 0.1) is 16.5 Å². The molecule has 0 radical (unpaired) electrons. The van der Waals surface area contributed by atoms with E-state index in [0.29, 0.717) is 31.1 Å². The molecule has 1 atom stereocenters. The van der Waals surface area contributed by atoms with Gasteiger partial charge in [-0.3, -0.25) is 9.59 Å². The van der Waals surface area contributed by atoms with Crippen molar-refractivity contribution in [2.45, 2.75) is 56.4 Å². The Balaban J connectivity index is 1.43. The van der Waals surface area contributed by atoms with Gasteiger partial charge in [0.25, 0.3) is 0 Å². The summed E-state index contributed by atoms with van der Waals surface area (Å²) in [5, 5.41) is 2.88. The Morgan fingerprint density at radius 2 is 1.83 bits per heavy atom. The predicted octanol–water partition coefficient (Wildman–Crippen LogP) is 3.91. The van der Waals surface area contributed by atoms with Crippen LogP contribution in [0.4, 0.5) is 5.69 Å². The van der Waals surface area contributed by atoms with E-state index < -0.39 is 15.9 Å². The number of amides is 2. The van der Waals surface area contributed by atoms with E-state index in [1.807, 2.05) is 25.1 Å². The second-order valence-electron chi connectivity index (χ2n) is 9.71. The summed E-state index contributed by atoms with van der Waals surface area (Å²) in [5.41, 5.74) is 1.30. The number of ether oxygens (including phenoxy) is 1. The molecule has 1 unspecified atom stereocenters. The predicted molar refractivity (Wildman–Crippen MR) is 132 cm³/mol. The van der Waals surface area contributed by atoms with Crippen LogP contribution in [0.15, 0.2) is 47.4 Å². The third kappa shape index (κ3) is 5.21. The first-order valence-electron chi connectivity index (χ1n) is 12.3. The molecule has 8 nitrogen and oxygen atoms in total. The van der Waals surface area contributed by atoms with Crippen molar-refractivity contribution in [1.82, 2.24) is 9.21 Å². The third-order valence-corrected chi connectivity index (χ3v) is 8.79. The van der Waals surface area contributed by atoms with Crippen LogP contribution in [-0.2, 0) is 19.6 Å². The van der Waals surface area contributed by atoms with E-state index >= 15 is 0 Å². The molecule has 5 rings (SSSR count). The molecule has 1 saturated carbocycles. The molecule has 0 bridgehead atoms. The quantitative estimate of drug-likeness (QED) is 0.626. The monoisotopic (exact) mass is 497 g/mol. The summed E-state index contributed by atoms with van der Waals surface area (Å²) < 4.78 is 34.1. The Hall–Kier alpha value is -2.91. The normalized spacial score (nSPS) is 21.2. The van der Waals surface area contributed by atoms with Crippen LogP contribution in [0.1, 0.15) is 44.1 Å². The molecular formula is C26H31N3O5S. The van der Waals surface area contributed by atoms with Crippen molar-refractivity contribution in [3.8, 4) is 11.5 Å². The van der Waals surface area contributed by atoms with Crippen molar-refractivity contribution >= 4 is 27.5 Å². The molecule has 2 saturated heterocycles. The Morgan fingerprint density at radius 3 is 2.54 bits per heavy atom. The largest absolute Gasteiger partial charge is 0.455 e. The molecule has 2 aliphatic heterocycles. The standard InChI is InChI=1S/C26H31N3O5S/c1-18-6-5-7-21(14-18)34-24-11-10-22(35(32,33)28-12-3-2-4-13-28)16-23(24)27-26(31)19-15-25(30)29(17-19)20-8-9-20/h5-7,10-11,14,16,19-20H,2-4,8-9,12-13,15,17H2,1H3,(H,27,31). The van der Waals surface area contributed by atoms with Gasteiger partial charge < -0.3 is 15.0 Å². The number of carbonyl (C=O) groups excluding carboxylic acids is 2. The van der Waals surface area contributed by atoms with Gasteiger partial charge in [0, 0.05) is 32.1 Å². The van der Waals surface area contributed by atoms with E-state index in [0.717, 1.165) is 37.7 Å². The Bertz CT molecular complexity index is 1240. The van der Waals surface area contributed by atoms with Gasteiger partial charge in [-0.1, -0.05) is 18.6 Å². The summed E-state index contributed by atoms with van der Waals surface area (Å²) in [6, 6.07) is 12.3. The van der Waals surface area contributed by atoms with E-state index in [-0.39, 0.29) is 34.9 Å². The minimum absolute atomic E-state index is 0.00492. The van der Waals surface area contributed by atoms with Crippen LogP contribution in [0.2, 0.25) is 0 Å². The molecule has 2 aromatic rings. The lowest BCUT2D eigenvalue weighted by molar-refractivity contribution is -0.128. The van der Waals surface area contributed by atoms with E-state index in [1.165, 1.54) is 16.4 Å². The number of nitrogens with zero attached hydrogens (tertiary/aromatic N) is 2. The summed E-state index contributed by atoms with van der Waals surface area (Å²) in [6.45, 7) is 3.33. The topological polar surface area (TPSA) is 96.0 Å². The molecule has 0 spiro atoms. The van der Waals surface area contributed by atoms with Crippen molar-refractivity contribution in [2.75, 3.05) is 25.0 Å². The van der Waals surface area contributed by atoms with E-state index in [9.17, 15) is 18.0 Å². The summed E-state index contributed by atoms with van der Waals surface area (Å²) in [6.07, 6.45) is 4.85. The van der Waals surface area contributed by atoms with E-state index in [4.69, 9.17) is 4.74 Å². The second-order valence-corrected chi connectivity index (χ2v) is 11.6. The number of hydrogen-bond donors (Lipinski definition) is 1. The Morgan fingerprint density at radius 1 is 1.06 bits per heavy atom. The molecule has 2 heterocycles. The zero-order valence-electron chi connectivity index (χ0n) is 19.9. The molecule has 3 fully saturated rings.